The molecule has 0 spiro atoms. The number of ether oxygens (including phenoxy) is 3. The van der Waals surface area contributed by atoms with Crippen molar-refractivity contribution < 1.29 is 23.8 Å². The molecule has 2 aromatic carbocycles. The van der Waals surface area contributed by atoms with Gasteiger partial charge in [0.25, 0.3) is 5.91 Å². The number of carbonyl (C=O) groups is 2. The van der Waals surface area contributed by atoms with Gasteiger partial charge in [-0.25, -0.2) is 5.01 Å². The lowest BCUT2D eigenvalue weighted by atomic mass is 9.97. The molecule has 4 rings (SSSR count). The van der Waals surface area contributed by atoms with E-state index in [4.69, 9.17) is 30.9 Å². The van der Waals surface area contributed by atoms with Crippen molar-refractivity contribution in [2.24, 2.45) is 5.10 Å². The van der Waals surface area contributed by atoms with Crippen LogP contribution in [0, 0.1) is 0 Å². The summed E-state index contributed by atoms with van der Waals surface area (Å²) in [5.74, 6) is 0.924. The molecule has 38 heavy (non-hydrogen) atoms. The number of amides is 2. The van der Waals surface area contributed by atoms with Gasteiger partial charge in [-0.15, -0.1) is 0 Å². The monoisotopic (exact) mass is 542 g/mol. The van der Waals surface area contributed by atoms with Crippen molar-refractivity contribution in [3.8, 4) is 11.5 Å². The van der Waals surface area contributed by atoms with Gasteiger partial charge in [-0.3, -0.25) is 14.5 Å². The summed E-state index contributed by atoms with van der Waals surface area (Å²) in [7, 11) is 3.19. The highest BCUT2D eigenvalue weighted by atomic mass is 35.5. The van der Waals surface area contributed by atoms with E-state index in [0.29, 0.717) is 61.4 Å². The topological polar surface area (TPSA) is 83.9 Å². The van der Waals surface area contributed by atoms with Crippen LogP contribution in [0.2, 0.25) is 5.02 Å². The van der Waals surface area contributed by atoms with E-state index in [0.717, 1.165) is 24.2 Å². The summed E-state index contributed by atoms with van der Waals surface area (Å²) >= 11 is 6.50. The molecular formula is C28H35ClN4O5. The van der Waals surface area contributed by atoms with Gasteiger partial charge < -0.3 is 19.1 Å². The fraction of sp³-hybridized carbons (Fsp3) is 0.464. The van der Waals surface area contributed by atoms with Crippen LogP contribution in [0.4, 0.5) is 0 Å². The summed E-state index contributed by atoms with van der Waals surface area (Å²) in [5, 5.41) is 6.78. The van der Waals surface area contributed by atoms with Crippen LogP contribution in [-0.2, 0) is 14.3 Å². The van der Waals surface area contributed by atoms with E-state index < -0.39 is 6.04 Å². The number of hydrazone groups is 1. The molecule has 204 valence electrons. The predicted octanol–water partition coefficient (Wildman–Crippen LogP) is 3.61. The van der Waals surface area contributed by atoms with Crippen molar-refractivity contribution in [2.75, 3.05) is 60.2 Å². The molecule has 2 aliphatic rings. The smallest absolute Gasteiger partial charge is 0.262 e. The molecular weight excluding hydrogens is 508 g/mol. The Morgan fingerprint density at radius 3 is 2.58 bits per heavy atom. The average Bonchev–Trinajstić information content (AvgIpc) is 3.40. The standard InChI is InChI=1S/C28H35ClN4O5/c1-4-27(34)32(12-11-31-13-15-38-16-14-31)19-28(35)33-25(22-17-20(36-2)9-10-26(22)37-3)18-24(30-33)21-7-5-6-8-23(21)29/h5-10,17,25H,4,11-16,18-19H2,1-3H3/t25-/m0/s1. The third-order valence-corrected chi connectivity index (χ3v) is 7.25. The van der Waals surface area contributed by atoms with Crippen LogP contribution in [0.1, 0.15) is 36.9 Å². The Labute approximate surface area is 228 Å². The first-order chi connectivity index (χ1) is 18.4. The van der Waals surface area contributed by atoms with Crippen molar-refractivity contribution >= 4 is 29.1 Å². The molecule has 1 atom stereocenters. The minimum atomic E-state index is -0.448. The number of halogens is 1. The quantitative estimate of drug-likeness (QED) is 0.456. The Morgan fingerprint density at radius 2 is 1.89 bits per heavy atom. The zero-order valence-corrected chi connectivity index (χ0v) is 22.9. The predicted molar refractivity (Wildman–Crippen MR) is 146 cm³/mol. The van der Waals surface area contributed by atoms with Crippen LogP contribution in [-0.4, -0.2) is 92.5 Å². The lowest BCUT2D eigenvalue weighted by Gasteiger charge is -2.31. The number of morpholine rings is 1. The van der Waals surface area contributed by atoms with Crippen LogP contribution < -0.4 is 9.47 Å². The molecule has 2 aromatic rings. The molecule has 0 radical (unpaired) electrons. The summed E-state index contributed by atoms with van der Waals surface area (Å²) < 4.78 is 16.5. The summed E-state index contributed by atoms with van der Waals surface area (Å²) in [6, 6.07) is 12.5. The fourth-order valence-corrected chi connectivity index (χ4v) is 5.02. The van der Waals surface area contributed by atoms with Gasteiger partial charge in [-0.1, -0.05) is 36.7 Å². The minimum Gasteiger partial charge on any atom is -0.497 e. The molecule has 10 heteroatoms. The van der Waals surface area contributed by atoms with Crippen molar-refractivity contribution in [3.63, 3.8) is 0 Å². The van der Waals surface area contributed by atoms with Gasteiger partial charge in [0.05, 0.1) is 39.2 Å². The first-order valence-corrected chi connectivity index (χ1v) is 13.3. The van der Waals surface area contributed by atoms with Gasteiger partial charge in [0.2, 0.25) is 5.91 Å². The van der Waals surface area contributed by atoms with Crippen molar-refractivity contribution in [2.45, 2.75) is 25.8 Å². The Kier molecular flexibility index (Phi) is 9.60. The second-order valence-corrected chi connectivity index (χ2v) is 9.62. The Bertz CT molecular complexity index is 1170. The molecule has 0 aromatic heterocycles. The normalized spacial score (nSPS) is 17.7. The van der Waals surface area contributed by atoms with Gasteiger partial charge in [-0.2, -0.15) is 5.10 Å². The first-order valence-electron chi connectivity index (χ1n) is 12.9. The molecule has 2 heterocycles. The Hall–Kier alpha value is -3.14. The first kappa shape index (κ1) is 27.9. The van der Waals surface area contributed by atoms with Gasteiger partial charge in [0.15, 0.2) is 0 Å². The molecule has 0 unspecified atom stereocenters. The third-order valence-electron chi connectivity index (χ3n) is 6.92. The Balaban J connectivity index is 1.62. The molecule has 1 fully saturated rings. The number of hydrogen-bond acceptors (Lipinski definition) is 7. The van der Waals surface area contributed by atoms with E-state index in [2.05, 4.69) is 4.90 Å². The maximum absolute atomic E-state index is 13.8. The molecule has 2 amide bonds. The molecule has 2 aliphatic heterocycles. The van der Waals surface area contributed by atoms with Gasteiger partial charge in [0.1, 0.15) is 18.0 Å². The van der Waals surface area contributed by atoms with E-state index in [-0.39, 0.29) is 18.4 Å². The number of rotatable bonds is 10. The van der Waals surface area contributed by atoms with E-state index in [9.17, 15) is 9.59 Å². The number of benzene rings is 2. The number of methoxy groups -OCH3 is 2. The number of carbonyl (C=O) groups excluding carboxylic acids is 2. The van der Waals surface area contributed by atoms with Crippen LogP contribution in [0.25, 0.3) is 0 Å². The molecule has 0 N–H and O–H groups in total. The lowest BCUT2D eigenvalue weighted by Crippen LogP contribution is -2.46. The summed E-state index contributed by atoms with van der Waals surface area (Å²) in [6.07, 6.45) is 0.756. The molecule has 0 aliphatic carbocycles. The van der Waals surface area contributed by atoms with Crippen LogP contribution in [0.5, 0.6) is 11.5 Å². The lowest BCUT2D eigenvalue weighted by molar-refractivity contribution is -0.141. The summed E-state index contributed by atoms with van der Waals surface area (Å²) in [5.41, 5.74) is 2.23. The van der Waals surface area contributed by atoms with Crippen LogP contribution >= 0.6 is 11.6 Å². The molecule has 9 nitrogen and oxygen atoms in total. The minimum absolute atomic E-state index is 0.0703. The maximum Gasteiger partial charge on any atom is 0.262 e. The zero-order chi connectivity index (χ0) is 27.1. The highest BCUT2D eigenvalue weighted by Gasteiger charge is 2.36. The Morgan fingerprint density at radius 1 is 1.13 bits per heavy atom. The number of nitrogens with zero attached hydrogens (tertiary/aromatic N) is 4. The maximum atomic E-state index is 13.8. The van der Waals surface area contributed by atoms with E-state index in [1.54, 1.807) is 25.2 Å². The summed E-state index contributed by atoms with van der Waals surface area (Å²) in [6.45, 7) is 5.87. The second kappa shape index (κ2) is 13.1. The second-order valence-electron chi connectivity index (χ2n) is 9.22. The number of hydrogen-bond donors (Lipinski definition) is 0. The SMILES string of the molecule is CCC(=O)N(CCN1CCOCC1)CC(=O)N1N=C(c2ccccc2Cl)C[C@H]1c1cc(OC)ccc1OC. The van der Waals surface area contributed by atoms with Gasteiger partial charge >= 0.3 is 0 Å². The van der Waals surface area contributed by atoms with Gasteiger partial charge in [-0.05, 0) is 24.3 Å². The average molecular weight is 543 g/mol. The van der Waals surface area contributed by atoms with Crippen molar-refractivity contribution in [1.82, 2.24) is 14.8 Å². The highest BCUT2D eigenvalue weighted by Crippen LogP contribution is 2.40. The molecule has 0 saturated carbocycles. The molecule has 0 bridgehead atoms. The van der Waals surface area contributed by atoms with Crippen molar-refractivity contribution in [1.29, 1.82) is 0 Å². The van der Waals surface area contributed by atoms with E-state index >= 15 is 0 Å². The highest BCUT2D eigenvalue weighted by molar-refractivity contribution is 6.34. The van der Waals surface area contributed by atoms with Crippen LogP contribution in [0.3, 0.4) is 0 Å². The third kappa shape index (κ3) is 6.46. The van der Waals surface area contributed by atoms with E-state index in [1.165, 1.54) is 5.01 Å². The molecule has 1 saturated heterocycles. The van der Waals surface area contributed by atoms with Gasteiger partial charge in [0, 0.05) is 55.2 Å². The van der Waals surface area contributed by atoms with Crippen molar-refractivity contribution in [3.05, 3.63) is 58.6 Å². The van der Waals surface area contributed by atoms with E-state index in [1.807, 2.05) is 43.3 Å². The van der Waals surface area contributed by atoms with Crippen LogP contribution in [0.15, 0.2) is 47.6 Å². The zero-order valence-electron chi connectivity index (χ0n) is 22.2. The fourth-order valence-electron chi connectivity index (χ4n) is 4.78. The summed E-state index contributed by atoms with van der Waals surface area (Å²) in [4.78, 5) is 30.5. The largest absolute Gasteiger partial charge is 0.497 e.